The Labute approximate surface area is 181 Å². The molecule has 2 amide bonds. The first-order valence-corrected chi connectivity index (χ1v) is 12.3. The zero-order valence-corrected chi connectivity index (χ0v) is 19.0. The predicted molar refractivity (Wildman–Crippen MR) is 119 cm³/mol. The van der Waals surface area contributed by atoms with Gasteiger partial charge in [0.2, 0.25) is 5.91 Å². The molecule has 1 aliphatic rings. The average molecular weight is 450 g/mol. The van der Waals surface area contributed by atoms with Gasteiger partial charge in [-0.25, -0.2) is 8.42 Å². The number of fused-ring (bicyclic) bond motifs is 1. The summed E-state index contributed by atoms with van der Waals surface area (Å²) < 4.78 is 24.4. The fourth-order valence-electron chi connectivity index (χ4n) is 3.50. The normalized spacial score (nSPS) is 14.5. The molecule has 0 aliphatic carbocycles. The van der Waals surface area contributed by atoms with E-state index in [1.54, 1.807) is 26.0 Å². The molecule has 2 aromatic rings. The molecular weight excluding hydrogens is 422 g/mol. The van der Waals surface area contributed by atoms with Gasteiger partial charge in [-0.2, -0.15) is 0 Å². The lowest BCUT2D eigenvalue weighted by Gasteiger charge is -2.25. The summed E-state index contributed by atoms with van der Waals surface area (Å²) in [7, 11) is -3.35. The summed E-state index contributed by atoms with van der Waals surface area (Å²) in [5.41, 5.74) is 7.65. The molecule has 7 nitrogen and oxygen atoms in total. The summed E-state index contributed by atoms with van der Waals surface area (Å²) in [5, 5.41) is 2.82. The second-order valence-corrected chi connectivity index (χ2v) is 11.3. The lowest BCUT2D eigenvalue weighted by Crippen LogP contribution is -2.30. The lowest BCUT2D eigenvalue weighted by atomic mass is 10.0. The summed E-state index contributed by atoms with van der Waals surface area (Å²) >= 11 is 1.40. The second-order valence-electron chi connectivity index (χ2n) is 7.65. The topological polar surface area (TPSA) is 110 Å². The van der Waals surface area contributed by atoms with Crippen molar-refractivity contribution in [1.29, 1.82) is 0 Å². The Balaban J connectivity index is 1.75. The van der Waals surface area contributed by atoms with Gasteiger partial charge in [0.25, 0.3) is 5.91 Å². The lowest BCUT2D eigenvalue weighted by molar-refractivity contribution is -0.115. The number of primary amides is 1. The Kier molecular flexibility index (Phi) is 6.64. The average Bonchev–Trinajstić information content (AvgIpc) is 3.04. The van der Waals surface area contributed by atoms with Crippen LogP contribution in [0.1, 0.15) is 47.1 Å². The number of nitrogens with two attached hydrogens (primary N) is 1. The van der Waals surface area contributed by atoms with Crippen molar-refractivity contribution in [3.63, 3.8) is 0 Å². The quantitative estimate of drug-likeness (QED) is 0.675. The van der Waals surface area contributed by atoms with Crippen LogP contribution in [0.3, 0.4) is 0 Å². The molecule has 162 valence electrons. The standard InChI is InChI=1S/C21H27N3O4S2/c1-4-24-10-9-16-17(12-24)29-21(19(16)20(22)26)23-18(25)11-14-5-7-15(8-6-14)30(27,28)13(2)3/h5-8,13H,4,9-12H2,1-3H3,(H2,22,26)(H,23,25). The number of sulfone groups is 1. The van der Waals surface area contributed by atoms with Gasteiger partial charge in [-0.05, 0) is 50.1 Å². The summed E-state index contributed by atoms with van der Waals surface area (Å²) in [6.45, 7) is 7.89. The summed E-state index contributed by atoms with van der Waals surface area (Å²) in [6, 6.07) is 6.33. The third kappa shape index (κ3) is 4.58. The molecule has 0 atom stereocenters. The number of carbonyl (C=O) groups is 2. The van der Waals surface area contributed by atoms with Crippen molar-refractivity contribution < 1.29 is 18.0 Å². The van der Waals surface area contributed by atoms with E-state index in [0.29, 0.717) is 16.1 Å². The van der Waals surface area contributed by atoms with E-state index in [4.69, 9.17) is 5.73 Å². The molecule has 0 unspecified atom stereocenters. The van der Waals surface area contributed by atoms with Crippen molar-refractivity contribution >= 4 is 38.0 Å². The van der Waals surface area contributed by atoms with Gasteiger partial charge in [0.05, 0.1) is 22.1 Å². The highest BCUT2D eigenvalue weighted by Gasteiger charge is 2.27. The number of rotatable bonds is 7. The van der Waals surface area contributed by atoms with Crippen LogP contribution >= 0.6 is 11.3 Å². The van der Waals surface area contributed by atoms with Crippen molar-refractivity contribution in [3.8, 4) is 0 Å². The zero-order chi connectivity index (χ0) is 22.1. The van der Waals surface area contributed by atoms with E-state index in [1.165, 1.54) is 23.5 Å². The molecule has 0 radical (unpaired) electrons. The van der Waals surface area contributed by atoms with Crippen LogP contribution in [-0.4, -0.2) is 43.5 Å². The maximum Gasteiger partial charge on any atom is 0.251 e. The van der Waals surface area contributed by atoms with Gasteiger partial charge in [0.15, 0.2) is 9.84 Å². The highest BCUT2D eigenvalue weighted by Crippen LogP contribution is 2.37. The predicted octanol–water partition coefficient (Wildman–Crippen LogP) is 2.59. The van der Waals surface area contributed by atoms with E-state index in [2.05, 4.69) is 17.1 Å². The highest BCUT2D eigenvalue weighted by atomic mass is 32.2. The van der Waals surface area contributed by atoms with Crippen molar-refractivity contribution in [2.45, 2.75) is 50.3 Å². The molecule has 3 N–H and O–H groups in total. The van der Waals surface area contributed by atoms with E-state index in [1.807, 2.05) is 0 Å². The number of thiophene rings is 1. The summed E-state index contributed by atoms with van der Waals surface area (Å²) in [4.78, 5) is 28.2. The Hall–Kier alpha value is -2.23. The largest absolute Gasteiger partial charge is 0.365 e. The monoisotopic (exact) mass is 449 g/mol. The number of hydrogen-bond acceptors (Lipinski definition) is 6. The molecule has 30 heavy (non-hydrogen) atoms. The van der Waals surface area contributed by atoms with Crippen LogP contribution < -0.4 is 11.1 Å². The van der Waals surface area contributed by atoms with Gasteiger partial charge >= 0.3 is 0 Å². The van der Waals surface area contributed by atoms with E-state index >= 15 is 0 Å². The molecule has 2 heterocycles. The zero-order valence-electron chi connectivity index (χ0n) is 17.4. The van der Waals surface area contributed by atoms with E-state index in [0.717, 1.165) is 36.5 Å². The van der Waals surface area contributed by atoms with E-state index in [9.17, 15) is 18.0 Å². The van der Waals surface area contributed by atoms with Crippen LogP contribution in [-0.2, 0) is 34.0 Å². The number of benzene rings is 1. The number of nitrogens with zero attached hydrogens (tertiary/aromatic N) is 1. The number of anilines is 1. The van der Waals surface area contributed by atoms with Gasteiger partial charge in [0.1, 0.15) is 5.00 Å². The Morgan fingerprint density at radius 1 is 1.23 bits per heavy atom. The third-order valence-electron chi connectivity index (χ3n) is 5.32. The van der Waals surface area contributed by atoms with Gasteiger partial charge in [-0.1, -0.05) is 19.1 Å². The Bertz CT molecular complexity index is 1060. The minimum absolute atomic E-state index is 0.0733. The fraction of sp³-hybridized carbons (Fsp3) is 0.429. The number of amides is 2. The molecule has 1 aromatic carbocycles. The SMILES string of the molecule is CCN1CCc2c(sc(NC(=O)Cc3ccc(S(=O)(=O)C(C)C)cc3)c2C(N)=O)C1. The number of nitrogens with one attached hydrogen (secondary N) is 1. The van der Waals surface area contributed by atoms with E-state index < -0.39 is 21.0 Å². The molecule has 0 fully saturated rings. The van der Waals surface area contributed by atoms with Crippen LogP contribution in [0.4, 0.5) is 5.00 Å². The van der Waals surface area contributed by atoms with Gasteiger partial charge in [-0.15, -0.1) is 11.3 Å². The first-order chi connectivity index (χ1) is 14.1. The fourth-order valence-corrected chi connectivity index (χ4v) is 5.87. The van der Waals surface area contributed by atoms with Crippen molar-refractivity contribution in [3.05, 3.63) is 45.8 Å². The molecule has 0 spiro atoms. The minimum Gasteiger partial charge on any atom is -0.365 e. The minimum atomic E-state index is -3.35. The molecule has 1 aromatic heterocycles. The summed E-state index contributed by atoms with van der Waals surface area (Å²) in [6.07, 6.45) is 0.809. The van der Waals surface area contributed by atoms with Crippen LogP contribution in [0, 0.1) is 0 Å². The van der Waals surface area contributed by atoms with Gasteiger partial charge in [-0.3, -0.25) is 14.5 Å². The van der Waals surface area contributed by atoms with Crippen molar-refractivity contribution in [2.24, 2.45) is 5.73 Å². The van der Waals surface area contributed by atoms with Gasteiger partial charge < -0.3 is 11.1 Å². The smallest absolute Gasteiger partial charge is 0.251 e. The third-order valence-corrected chi connectivity index (χ3v) is 8.62. The number of hydrogen-bond donors (Lipinski definition) is 2. The van der Waals surface area contributed by atoms with Crippen LogP contribution in [0.5, 0.6) is 0 Å². The first kappa shape index (κ1) is 22.5. The first-order valence-electron chi connectivity index (χ1n) is 9.92. The highest BCUT2D eigenvalue weighted by molar-refractivity contribution is 7.92. The van der Waals surface area contributed by atoms with Crippen molar-refractivity contribution in [1.82, 2.24) is 4.90 Å². The Morgan fingerprint density at radius 3 is 2.47 bits per heavy atom. The van der Waals surface area contributed by atoms with Gasteiger partial charge in [0, 0.05) is 18.0 Å². The van der Waals surface area contributed by atoms with Crippen molar-refractivity contribution in [2.75, 3.05) is 18.4 Å². The number of likely N-dealkylation sites (N-methyl/N-ethyl adjacent to an activating group) is 1. The van der Waals surface area contributed by atoms with Crippen LogP contribution in [0.25, 0.3) is 0 Å². The van der Waals surface area contributed by atoms with E-state index in [-0.39, 0.29) is 17.2 Å². The van der Waals surface area contributed by atoms with Crippen LogP contribution in [0.15, 0.2) is 29.2 Å². The number of carbonyl (C=O) groups excluding carboxylic acids is 2. The molecule has 0 saturated carbocycles. The van der Waals surface area contributed by atoms with Crippen LogP contribution in [0.2, 0.25) is 0 Å². The maximum atomic E-state index is 12.6. The molecule has 0 bridgehead atoms. The second kappa shape index (κ2) is 8.87. The summed E-state index contributed by atoms with van der Waals surface area (Å²) in [5.74, 6) is -0.807. The molecule has 3 rings (SSSR count). The molecule has 0 saturated heterocycles. The molecular formula is C21H27N3O4S2. The maximum absolute atomic E-state index is 12.6. The Morgan fingerprint density at radius 2 is 1.90 bits per heavy atom. The molecule has 1 aliphatic heterocycles. The molecule has 9 heteroatoms.